The maximum Gasteiger partial charge on any atom is 0.341 e. The monoisotopic (exact) mass is 487 g/mol. The fourth-order valence-electron chi connectivity index (χ4n) is 4.21. The van der Waals surface area contributed by atoms with Crippen LogP contribution in [0.3, 0.4) is 0 Å². The number of rotatable bonds is 7. The first-order chi connectivity index (χ1) is 16.2. The number of ketones is 2. The number of halogens is 1. The molecule has 2 aromatic rings. The highest BCUT2D eigenvalue weighted by atomic mass is 35.5. The predicted octanol–water partition coefficient (Wildman–Crippen LogP) is 3.74. The Bertz CT molecular complexity index is 1220. The molecule has 1 heterocycles. The first-order valence-electron chi connectivity index (χ1n) is 10.4. The number of hydrogen-bond donors (Lipinski definition) is 2. The van der Waals surface area contributed by atoms with Crippen LogP contribution in [0.5, 0.6) is 23.0 Å². The zero-order valence-corrected chi connectivity index (χ0v) is 19.4. The largest absolute Gasteiger partial charge is 0.496 e. The van der Waals surface area contributed by atoms with Gasteiger partial charge in [-0.3, -0.25) is 9.59 Å². The number of carboxylic acids is 1. The molecule has 2 aromatic carbocycles. The quantitative estimate of drug-likeness (QED) is 0.562. The van der Waals surface area contributed by atoms with E-state index in [9.17, 15) is 14.4 Å². The van der Waals surface area contributed by atoms with Gasteiger partial charge in [0.05, 0.1) is 14.2 Å². The Labute approximate surface area is 200 Å². The number of fused-ring (bicyclic) bond motifs is 1. The van der Waals surface area contributed by atoms with Gasteiger partial charge in [-0.1, -0.05) is 24.6 Å². The summed E-state index contributed by atoms with van der Waals surface area (Å²) >= 11 is 6.40. The van der Waals surface area contributed by atoms with Crippen molar-refractivity contribution >= 4 is 34.8 Å². The molecule has 9 nitrogen and oxygen atoms in total. The minimum atomic E-state index is -1.76. The minimum Gasteiger partial charge on any atom is -0.496 e. The van der Waals surface area contributed by atoms with Gasteiger partial charge in [0, 0.05) is 35.5 Å². The Morgan fingerprint density at radius 2 is 1.97 bits per heavy atom. The molecular formula is C24H22ClNO8. The second-order valence-electron chi connectivity index (χ2n) is 7.94. The van der Waals surface area contributed by atoms with Crippen molar-refractivity contribution in [2.45, 2.75) is 18.9 Å². The lowest BCUT2D eigenvalue weighted by Gasteiger charge is -2.35. The van der Waals surface area contributed by atoms with Gasteiger partial charge in [0.1, 0.15) is 27.8 Å². The number of allylic oxidation sites excluding steroid dienone is 1. The van der Waals surface area contributed by atoms with Crippen LogP contribution in [0, 0.1) is 5.92 Å². The Morgan fingerprint density at radius 1 is 1.24 bits per heavy atom. The highest BCUT2D eigenvalue weighted by molar-refractivity contribution is 6.36. The van der Waals surface area contributed by atoms with E-state index in [0.29, 0.717) is 23.6 Å². The van der Waals surface area contributed by atoms with Gasteiger partial charge < -0.3 is 29.4 Å². The number of Topliss-reactive ketones (excluding diaryl/α,β-unsaturated/α-hetero) is 1. The average molecular weight is 488 g/mol. The van der Waals surface area contributed by atoms with Crippen LogP contribution in [-0.4, -0.2) is 49.1 Å². The molecule has 2 N–H and O–H groups in total. The molecule has 10 heteroatoms. The maximum absolute atomic E-state index is 13.5. The number of nitrogens with one attached hydrogen (secondary N) is 1. The molecule has 0 amide bonds. The summed E-state index contributed by atoms with van der Waals surface area (Å²) in [5, 5.41) is 12.0. The molecule has 2 aliphatic rings. The molecule has 0 unspecified atom stereocenters. The fourth-order valence-corrected chi connectivity index (χ4v) is 4.47. The van der Waals surface area contributed by atoms with Crippen molar-refractivity contribution < 1.29 is 38.4 Å². The van der Waals surface area contributed by atoms with Crippen molar-refractivity contribution in [1.29, 1.82) is 0 Å². The van der Waals surface area contributed by atoms with E-state index in [1.807, 2.05) is 0 Å². The third-order valence-electron chi connectivity index (χ3n) is 5.81. The van der Waals surface area contributed by atoms with E-state index in [1.54, 1.807) is 31.2 Å². The topological polar surface area (TPSA) is 120 Å². The fraction of sp³-hybridized carbons (Fsp3) is 0.292. The van der Waals surface area contributed by atoms with E-state index in [1.165, 1.54) is 26.4 Å². The summed E-state index contributed by atoms with van der Waals surface area (Å²) in [5.74, 6) is -1.76. The van der Waals surface area contributed by atoms with Gasteiger partial charge >= 0.3 is 5.97 Å². The first kappa shape index (κ1) is 23.4. The third-order valence-corrected chi connectivity index (χ3v) is 6.17. The molecule has 34 heavy (non-hydrogen) atoms. The maximum atomic E-state index is 13.5. The summed E-state index contributed by atoms with van der Waals surface area (Å²) in [6.45, 7) is 1.28. The lowest BCUT2D eigenvalue weighted by Crippen LogP contribution is -2.55. The lowest BCUT2D eigenvalue weighted by atomic mass is 9.74. The summed E-state index contributed by atoms with van der Waals surface area (Å²) < 4.78 is 21.8. The highest BCUT2D eigenvalue weighted by Crippen LogP contribution is 2.53. The van der Waals surface area contributed by atoms with Gasteiger partial charge in [-0.2, -0.15) is 0 Å². The number of benzene rings is 2. The number of anilines is 1. The zero-order valence-electron chi connectivity index (χ0n) is 18.6. The van der Waals surface area contributed by atoms with Crippen LogP contribution in [0.15, 0.2) is 42.1 Å². The summed E-state index contributed by atoms with van der Waals surface area (Å²) in [6.07, 6.45) is 1.66. The highest BCUT2D eigenvalue weighted by Gasteiger charge is 2.60. The Morgan fingerprint density at radius 3 is 2.62 bits per heavy atom. The van der Waals surface area contributed by atoms with Crippen LogP contribution in [0.25, 0.3) is 0 Å². The first-order valence-corrected chi connectivity index (χ1v) is 10.7. The van der Waals surface area contributed by atoms with Crippen LogP contribution in [0.2, 0.25) is 5.02 Å². The number of carbonyl (C=O) groups excluding carboxylic acids is 2. The molecule has 178 valence electrons. The molecule has 1 aliphatic heterocycles. The van der Waals surface area contributed by atoms with E-state index in [4.69, 9.17) is 35.7 Å². The van der Waals surface area contributed by atoms with E-state index in [2.05, 4.69) is 5.32 Å². The zero-order chi connectivity index (χ0) is 24.6. The van der Waals surface area contributed by atoms with Crippen LogP contribution in [0.4, 0.5) is 5.69 Å². The molecule has 0 saturated heterocycles. The number of methoxy groups -OCH3 is 2. The van der Waals surface area contributed by atoms with Crippen molar-refractivity contribution in [2.75, 3.05) is 26.1 Å². The van der Waals surface area contributed by atoms with Crippen LogP contribution in [-0.2, 0) is 9.59 Å². The summed E-state index contributed by atoms with van der Waals surface area (Å²) in [4.78, 5) is 37.6. The normalized spacial score (nSPS) is 20.9. The van der Waals surface area contributed by atoms with Crippen molar-refractivity contribution in [1.82, 2.24) is 0 Å². The lowest BCUT2D eigenvalue weighted by molar-refractivity contribution is -0.139. The van der Waals surface area contributed by atoms with E-state index in [0.717, 1.165) is 0 Å². The molecule has 0 fully saturated rings. The third kappa shape index (κ3) is 3.81. The van der Waals surface area contributed by atoms with Crippen molar-refractivity contribution in [2.24, 2.45) is 5.92 Å². The molecule has 1 aliphatic carbocycles. The van der Waals surface area contributed by atoms with Gasteiger partial charge in [-0.15, -0.1) is 0 Å². The summed E-state index contributed by atoms with van der Waals surface area (Å²) in [7, 11) is 2.83. The number of hydrogen-bond acceptors (Lipinski definition) is 8. The van der Waals surface area contributed by atoms with Crippen molar-refractivity contribution in [3.8, 4) is 23.0 Å². The van der Waals surface area contributed by atoms with Gasteiger partial charge in [0.25, 0.3) is 0 Å². The molecule has 0 radical (unpaired) electrons. The SMILES string of the molecule is COc1cc(OC)c2c(c1Cl)O[C@@]1(C(=O)C=C(Nc3cccc(OCC(=O)O)c3)C[C@H]1C)C2=O. The van der Waals surface area contributed by atoms with E-state index >= 15 is 0 Å². The Hall–Kier alpha value is -3.72. The molecule has 4 rings (SSSR count). The summed E-state index contributed by atoms with van der Waals surface area (Å²) in [6, 6.07) is 8.17. The Kier molecular flexibility index (Phi) is 6.14. The van der Waals surface area contributed by atoms with Crippen molar-refractivity contribution in [3.05, 3.63) is 52.7 Å². The molecule has 2 atom stereocenters. The second kappa shape index (κ2) is 8.90. The van der Waals surface area contributed by atoms with Gasteiger partial charge in [0.2, 0.25) is 17.2 Å². The van der Waals surface area contributed by atoms with Crippen molar-refractivity contribution in [3.63, 3.8) is 0 Å². The predicted molar refractivity (Wildman–Crippen MR) is 122 cm³/mol. The van der Waals surface area contributed by atoms with Crippen LogP contribution in [0.1, 0.15) is 23.7 Å². The Balaban J connectivity index is 1.63. The second-order valence-corrected chi connectivity index (χ2v) is 8.32. The average Bonchev–Trinajstić information content (AvgIpc) is 3.12. The molecule has 0 bridgehead atoms. The molecule has 1 spiro atoms. The molecule has 0 aromatic heterocycles. The number of carbonyl (C=O) groups is 3. The number of aliphatic carboxylic acids is 1. The smallest absolute Gasteiger partial charge is 0.341 e. The molecular weight excluding hydrogens is 466 g/mol. The van der Waals surface area contributed by atoms with Gasteiger partial charge in [-0.25, -0.2) is 4.79 Å². The summed E-state index contributed by atoms with van der Waals surface area (Å²) in [5.41, 5.74) is -0.479. The minimum absolute atomic E-state index is 0.0659. The van der Waals surface area contributed by atoms with E-state index < -0.39 is 35.7 Å². The van der Waals surface area contributed by atoms with E-state index in [-0.39, 0.29) is 27.8 Å². The van der Waals surface area contributed by atoms with Crippen LogP contribution >= 0.6 is 11.6 Å². The number of ether oxygens (including phenoxy) is 4. The van der Waals surface area contributed by atoms with Gasteiger partial charge in [-0.05, 0) is 18.6 Å². The number of carboxylic acid groups (broad SMARTS) is 1. The van der Waals surface area contributed by atoms with Gasteiger partial charge in [0.15, 0.2) is 12.4 Å². The van der Waals surface area contributed by atoms with Crippen LogP contribution < -0.4 is 24.3 Å². The standard InChI is InChI=1S/C24H22ClNO8/c1-12-7-14(26-13-5-4-6-15(8-13)33-11-19(28)29)9-18(27)24(12)23(30)20-16(31-2)10-17(32-3)21(25)22(20)34-24/h4-6,8-10,12,26H,7,11H2,1-3H3,(H,28,29)/t12-,24+/m1/s1. The molecule has 0 saturated carbocycles.